The van der Waals surface area contributed by atoms with Crippen LogP contribution < -0.4 is 21.1 Å². The third kappa shape index (κ3) is 6.90. The molecule has 1 aromatic carbocycles. The van der Waals surface area contributed by atoms with E-state index in [4.69, 9.17) is 22.1 Å². The van der Waals surface area contributed by atoms with Gasteiger partial charge in [0.05, 0.1) is 30.5 Å². The number of allylic oxidation sites excluding steroid dienone is 1. The van der Waals surface area contributed by atoms with E-state index in [1.54, 1.807) is 56.4 Å². The number of aliphatic imine (C=N–C) groups is 1. The Labute approximate surface area is 248 Å². The van der Waals surface area contributed by atoms with Gasteiger partial charge >= 0.3 is 0 Å². The Hall–Kier alpha value is -4.81. The molecule has 2 amide bonds. The zero-order valence-corrected chi connectivity index (χ0v) is 24.1. The van der Waals surface area contributed by atoms with E-state index in [1.165, 1.54) is 24.4 Å². The summed E-state index contributed by atoms with van der Waals surface area (Å²) in [5.74, 6) is 1.03. The molecule has 0 aliphatic carbocycles. The van der Waals surface area contributed by atoms with Gasteiger partial charge in [0.1, 0.15) is 23.5 Å². The summed E-state index contributed by atoms with van der Waals surface area (Å²) in [4.78, 5) is 44.4. The van der Waals surface area contributed by atoms with Gasteiger partial charge in [-0.05, 0) is 48.7 Å². The molecule has 0 fully saturated rings. The summed E-state index contributed by atoms with van der Waals surface area (Å²) in [6.07, 6.45) is 4.49. The number of ether oxygens (including phenoxy) is 1. The second kappa shape index (κ2) is 13.2. The summed E-state index contributed by atoms with van der Waals surface area (Å²) in [5, 5.41) is 15.8. The van der Waals surface area contributed by atoms with E-state index in [0.29, 0.717) is 34.2 Å². The number of hydrogen-bond donors (Lipinski definition) is 4. The zero-order chi connectivity index (χ0) is 30.4. The van der Waals surface area contributed by atoms with Crippen molar-refractivity contribution in [2.24, 2.45) is 10.7 Å². The Bertz CT molecular complexity index is 1570. The summed E-state index contributed by atoms with van der Waals surface area (Å²) in [6.45, 7) is 7.12. The SMILES string of the molecule is C=C(/N=C\C(Cl)=C(/N)c1ccc2c(c1)C(=O)N([C@H](C)C(=O)N[C@H](CO)c1ccnc(OC)c1)C2)Nc1ccnc(C)n1. The van der Waals surface area contributed by atoms with Crippen molar-refractivity contribution >= 4 is 41.1 Å². The minimum Gasteiger partial charge on any atom is -0.481 e. The molecule has 2 aromatic heterocycles. The highest BCUT2D eigenvalue weighted by atomic mass is 35.5. The largest absolute Gasteiger partial charge is 0.481 e. The molecule has 1 aliphatic heterocycles. The maximum atomic E-state index is 13.3. The van der Waals surface area contributed by atoms with Gasteiger partial charge in [0.2, 0.25) is 11.8 Å². The highest BCUT2D eigenvalue weighted by Gasteiger charge is 2.35. The summed E-state index contributed by atoms with van der Waals surface area (Å²) in [5.41, 5.74) is 8.80. The van der Waals surface area contributed by atoms with Crippen LogP contribution in [0, 0.1) is 6.92 Å². The van der Waals surface area contributed by atoms with Crippen LogP contribution in [0.25, 0.3) is 5.70 Å². The topological polar surface area (TPSA) is 168 Å². The Kier molecular flexibility index (Phi) is 9.50. The number of carbonyl (C=O) groups is 2. The number of pyridine rings is 1. The zero-order valence-electron chi connectivity index (χ0n) is 23.3. The Morgan fingerprint density at radius 2 is 2.05 bits per heavy atom. The predicted molar refractivity (Wildman–Crippen MR) is 160 cm³/mol. The maximum absolute atomic E-state index is 13.3. The molecular formula is C29H31ClN8O4. The number of rotatable bonds is 11. The number of anilines is 1. The third-order valence-electron chi connectivity index (χ3n) is 6.61. The average Bonchev–Trinajstić information content (AvgIpc) is 3.33. The Balaban J connectivity index is 1.44. The number of methoxy groups -OCH3 is 1. The van der Waals surface area contributed by atoms with Crippen LogP contribution in [-0.2, 0) is 11.3 Å². The number of nitrogens with zero attached hydrogens (tertiary/aromatic N) is 5. The standard InChI is InChI=1S/C29H31ClN8O4/c1-16(28(40)37-24(15-39)19-7-9-33-26(12-19)42-4)38-14-21-6-5-20(11-22(21)29(38)41)27(31)23(30)13-34-18(3)36-25-8-10-32-17(2)35-25/h5-13,16,24,39H,3,14-15,31H2,1-2,4H3,(H,37,40)(H,32,35,36)/b27-23+,34-13-/t16-,24-/m1/s1. The van der Waals surface area contributed by atoms with Crippen LogP contribution in [-0.4, -0.2) is 62.7 Å². The Morgan fingerprint density at radius 1 is 1.29 bits per heavy atom. The van der Waals surface area contributed by atoms with Crippen LogP contribution in [0.3, 0.4) is 0 Å². The summed E-state index contributed by atoms with van der Waals surface area (Å²) < 4.78 is 5.13. The second-order valence-corrected chi connectivity index (χ2v) is 9.84. The van der Waals surface area contributed by atoms with E-state index in [2.05, 4.69) is 37.2 Å². The van der Waals surface area contributed by atoms with Crippen molar-refractivity contribution in [3.8, 4) is 5.88 Å². The smallest absolute Gasteiger partial charge is 0.255 e. The van der Waals surface area contributed by atoms with Crippen LogP contribution in [0.15, 0.2) is 71.2 Å². The molecule has 12 nitrogen and oxygen atoms in total. The van der Waals surface area contributed by atoms with Gasteiger partial charge in [-0.25, -0.2) is 19.9 Å². The molecule has 5 N–H and O–H groups in total. The van der Waals surface area contributed by atoms with Crippen molar-refractivity contribution in [1.82, 2.24) is 25.2 Å². The number of halogens is 1. The van der Waals surface area contributed by atoms with E-state index >= 15 is 0 Å². The minimum absolute atomic E-state index is 0.148. The number of nitrogens with two attached hydrogens (primary N) is 1. The van der Waals surface area contributed by atoms with E-state index < -0.39 is 18.0 Å². The van der Waals surface area contributed by atoms with Crippen LogP contribution in [0.2, 0.25) is 0 Å². The first-order valence-electron chi connectivity index (χ1n) is 12.9. The monoisotopic (exact) mass is 590 g/mol. The average molecular weight is 591 g/mol. The van der Waals surface area contributed by atoms with Crippen LogP contribution >= 0.6 is 11.6 Å². The van der Waals surface area contributed by atoms with Crippen molar-refractivity contribution < 1.29 is 19.4 Å². The van der Waals surface area contributed by atoms with E-state index in [9.17, 15) is 14.7 Å². The number of aliphatic hydroxyl groups is 1. The second-order valence-electron chi connectivity index (χ2n) is 9.44. The van der Waals surface area contributed by atoms with Gasteiger partial charge in [-0.15, -0.1) is 0 Å². The first kappa shape index (κ1) is 30.2. The fourth-order valence-corrected chi connectivity index (χ4v) is 4.43. The minimum atomic E-state index is -0.813. The number of benzene rings is 1. The summed E-state index contributed by atoms with van der Waals surface area (Å²) >= 11 is 6.41. The highest BCUT2D eigenvalue weighted by Crippen LogP contribution is 2.28. The highest BCUT2D eigenvalue weighted by molar-refractivity contribution is 6.42. The fraction of sp³-hybridized carbons (Fsp3) is 0.241. The number of aliphatic hydroxyl groups excluding tert-OH is 1. The maximum Gasteiger partial charge on any atom is 0.255 e. The van der Waals surface area contributed by atoms with Crippen LogP contribution in [0.4, 0.5) is 5.82 Å². The van der Waals surface area contributed by atoms with Gasteiger partial charge in [-0.1, -0.05) is 30.3 Å². The number of fused-ring (bicyclic) bond motifs is 1. The number of aryl methyl sites for hydroxylation is 1. The number of hydrogen-bond acceptors (Lipinski definition) is 10. The lowest BCUT2D eigenvalue weighted by atomic mass is 10.0. The van der Waals surface area contributed by atoms with Crippen molar-refractivity contribution in [3.63, 3.8) is 0 Å². The molecule has 218 valence electrons. The lowest BCUT2D eigenvalue weighted by molar-refractivity contribution is -0.126. The normalized spacial score (nSPS) is 14.7. The lowest BCUT2D eigenvalue weighted by Crippen LogP contribution is -2.46. The number of amides is 2. The quantitative estimate of drug-likeness (QED) is 0.245. The number of nitrogens with one attached hydrogen (secondary N) is 2. The molecule has 4 rings (SSSR count). The number of aromatic nitrogens is 3. The van der Waals surface area contributed by atoms with Crippen LogP contribution in [0.1, 0.15) is 45.8 Å². The predicted octanol–water partition coefficient (Wildman–Crippen LogP) is 2.90. The molecule has 13 heteroatoms. The third-order valence-corrected chi connectivity index (χ3v) is 6.91. The van der Waals surface area contributed by atoms with Crippen molar-refractivity contribution in [2.45, 2.75) is 32.5 Å². The molecule has 0 bridgehead atoms. The molecule has 0 saturated heterocycles. The molecule has 0 unspecified atom stereocenters. The first-order chi connectivity index (χ1) is 20.1. The van der Waals surface area contributed by atoms with Crippen molar-refractivity contribution in [2.75, 3.05) is 19.0 Å². The fourth-order valence-electron chi connectivity index (χ4n) is 4.27. The van der Waals surface area contributed by atoms with Crippen molar-refractivity contribution in [1.29, 1.82) is 0 Å². The Morgan fingerprint density at radius 3 is 2.76 bits per heavy atom. The van der Waals surface area contributed by atoms with Gasteiger partial charge < -0.3 is 31.1 Å². The van der Waals surface area contributed by atoms with Gasteiger partial charge in [0, 0.05) is 36.8 Å². The molecule has 1 aliphatic rings. The van der Waals surface area contributed by atoms with E-state index in [0.717, 1.165) is 5.56 Å². The molecular weight excluding hydrogens is 560 g/mol. The molecule has 0 saturated carbocycles. The van der Waals surface area contributed by atoms with Crippen LogP contribution in [0.5, 0.6) is 5.88 Å². The molecule has 0 radical (unpaired) electrons. The summed E-state index contributed by atoms with van der Waals surface area (Å²) in [6, 6.07) is 8.64. The van der Waals surface area contributed by atoms with Gasteiger partial charge in [0.15, 0.2) is 0 Å². The first-order valence-corrected chi connectivity index (χ1v) is 13.3. The molecule has 2 atom stereocenters. The van der Waals surface area contributed by atoms with E-state index in [-0.39, 0.29) is 35.6 Å². The van der Waals surface area contributed by atoms with Gasteiger partial charge in [-0.3, -0.25) is 9.59 Å². The number of carbonyl (C=O) groups excluding carboxylic acids is 2. The summed E-state index contributed by atoms with van der Waals surface area (Å²) in [7, 11) is 1.48. The molecule has 42 heavy (non-hydrogen) atoms. The molecule has 0 spiro atoms. The van der Waals surface area contributed by atoms with Gasteiger partial charge in [-0.2, -0.15) is 0 Å². The lowest BCUT2D eigenvalue weighted by Gasteiger charge is -2.26. The van der Waals surface area contributed by atoms with Gasteiger partial charge in [0.25, 0.3) is 5.91 Å². The van der Waals surface area contributed by atoms with Crippen molar-refractivity contribution in [3.05, 3.63) is 94.3 Å². The molecule has 3 aromatic rings. The molecule has 3 heterocycles. The van der Waals surface area contributed by atoms with E-state index in [1.807, 2.05) is 0 Å².